The molecule has 1 aliphatic rings. The first-order valence-electron chi connectivity index (χ1n) is 4.33. The molecule has 1 nitrogen and oxygen atoms in total. The molecule has 0 atom stereocenters. The lowest BCUT2D eigenvalue weighted by Gasteiger charge is -2.24. The minimum Gasteiger partial charge on any atom is -0.260 e. The van der Waals surface area contributed by atoms with Crippen molar-refractivity contribution in [3.8, 4) is 12.3 Å². The van der Waals surface area contributed by atoms with Gasteiger partial charge in [-0.1, -0.05) is 12.3 Å². The molecule has 1 saturated carbocycles. The molecule has 0 radical (unpaired) electrons. The van der Waals surface area contributed by atoms with Crippen LogP contribution in [0.5, 0.6) is 0 Å². The number of nitrogens with zero attached hydrogens (tertiary/aromatic N) is 1. The molecule has 2 rings (SSSR count). The fraction of sp³-hybridized carbons (Fsp3) is 0.364. The first kappa shape index (κ1) is 7.36. The van der Waals surface area contributed by atoms with Crippen LogP contribution in [0.3, 0.4) is 0 Å². The van der Waals surface area contributed by atoms with Crippen molar-refractivity contribution in [1.82, 2.24) is 4.98 Å². The highest BCUT2D eigenvalue weighted by atomic mass is 14.7. The maximum atomic E-state index is 5.23. The Labute approximate surface area is 72.8 Å². The van der Waals surface area contributed by atoms with Gasteiger partial charge in [-0.2, -0.15) is 0 Å². The van der Waals surface area contributed by atoms with Crippen LogP contribution in [0.4, 0.5) is 0 Å². The molecular weight excluding hydrogens is 146 g/mol. The van der Waals surface area contributed by atoms with Crippen LogP contribution in [0.15, 0.2) is 18.3 Å². The topological polar surface area (TPSA) is 12.9 Å². The van der Waals surface area contributed by atoms with Crippen molar-refractivity contribution in [2.45, 2.75) is 25.2 Å². The van der Waals surface area contributed by atoms with Crippen LogP contribution in [0.25, 0.3) is 0 Å². The highest BCUT2D eigenvalue weighted by molar-refractivity contribution is 5.30. The molecule has 0 unspecified atom stereocenters. The summed E-state index contributed by atoms with van der Waals surface area (Å²) in [5, 5.41) is 0. The molecule has 1 heteroatoms. The fourth-order valence-corrected chi connectivity index (χ4v) is 1.44. The summed E-state index contributed by atoms with van der Waals surface area (Å²) in [6.07, 6.45) is 11.0. The largest absolute Gasteiger partial charge is 0.260 e. The summed E-state index contributed by atoms with van der Waals surface area (Å²) in [5.74, 6) is 3.27. The van der Waals surface area contributed by atoms with Crippen LogP contribution in [-0.2, 0) is 0 Å². The third-order valence-electron chi connectivity index (χ3n) is 2.48. The van der Waals surface area contributed by atoms with Gasteiger partial charge in [0.25, 0.3) is 0 Å². The monoisotopic (exact) mass is 157 g/mol. The van der Waals surface area contributed by atoms with Gasteiger partial charge in [-0.3, -0.25) is 4.98 Å². The van der Waals surface area contributed by atoms with Crippen molar-refractivity contribution in [2.75, 3.05) is 0 Å². The van der Waals surface area contributed by atoms with Crippen molar-refractivity contribution in [2.24, 2.45) is 0 Å². The molecule has 0 bridgehead atoms. The molecule has 1 heterocycles. The molecule has 60 valence electrons. The van der Waals surface area contributed by atoms with E-state index in [1.165, 1.54) is 25.0 Å². The van der Waals surface area contributed by atoms with Gasteiger partial charge < -0.3 is 0 Å². The molecule has 0 N–H and O–H groups in total. The molecule has 0 amide bonds. The van der Waals surface area contributed by atoms with Crippen molar-refractivity contribution < 1.29 is 0 Å². The Morgan fingerprint density at radius 3 is 2.67 bits per heavy atom. The van der Waals surface area contributed by atoms with Crippen LogP contribution in [-0.4, -0.2) is 4.98 Å². The molecular formula is C11H11N. The maximum absolute atomic E-state index is 5.23. The third-order valence-corrected chi connectivity index (χ3v) is 2.48. The van der Waals surface area contributed by atoms with Crippen LogP contribution < -0.4 is 0 Å². The number of terminal acetylenes is 1. The van der Waals surface area contributed by atoms with Crippen LogP contribution in [0.1, 0.15) is 36.4 Å². The maximum Gasteiger partial charge on any atom is 0.0435 e. The van der Waals surface area contributed by atoms with Gasteiger partial charge in [0, 0.05) is 23.4 Å². The van der Waals surface area contributed by atoms with Gasteiger partial charge in [0.2, 0.25) is 0 Å². The zero-order valence-corrected chi connectivity index (χ0v) is 6.96. The summed E-state index contributed by atoms with van der Waals surface area (Å²) in [4.78, 5) is 4.33. The standard InChI is InChI=1S/C11H11N/c1-2-9-6-7-11(12-8-9)10-4-3-5-10/h1,6-8,10H,3-5H2. The molecule has 0 spiro atoms. The van der Waals surface area contributed by atoms with Gasteiger partial charge in [0.15, 0.2) is 0 Å². The predicted molar refractivity (Wildman–Crippen MR) is 48.8 cm³/mol. The number of aromatic nitrogens is 1. The van der Waals surface area contributed by atoms with Crippen molar-refractivity contribution in [3.63, 3.8) is 0 Å². The molecule has 1 aromatic heterocycles. The molecule has 1 aromatic rings. The fourth-order valence-electron chi connectivity index (χ4n) is 1.44. The van der Waals surface area contributed by atoms with Gasteiger partial charge in [-0.15, -0.1) is 6.42 Å². The third kappa shape index (κ3) is 1.21. The lowest BCUT2D eigenvalue weighted by molar-refractivity contribution is 0.411. The van der Waals surface area contributed by atoms with Crippen LogP contribution in [0.2, 0.25) is 0 Å². The lowest BCUT2D eigenvalue weighted by atomic mass is 9.82. The quantitative estimate of drug-likeness (QED) is 0.570. The van der Waals surface area contributed by atoms with E-state index in [1.807, 2.05) is 6.07 Å². The van der Waals surface area contributed by atoms with Crippen molar-refractivity contribution in [1.29, 1.82) is 0 Å². The molecule has 1 fully saturated rings. The van der Waals surface area contributed by atoms with E-state index < -0.39 is 0 Å². The Balaban J connectivity index is 2.19. The Morgan fingerprint density at radius 2 is 2.25 bits per heavy atom. The predicted octanol–water partition coefficient (Wildman–Crippen LogP) is 2.33. The molecule has 0 saturated heterocycles. The molecule has 0 aromatic carbocycles. The second-order valence-corrected chi connectivity index (χ2v) is 3.24. The Bertz CT molecular complexity index is 301. The summed E-state index contributed by atoms with van der Waals surface area (Å²) < 4.78 is 0. The van der Waals surface area contributed by atoms with E-state index in [1.54, 1.807) is 6.20 Å². The van der Waals surface area contributed by atoms with Gasteiger partial charge in [0.1, 0.15) is 0 Å². The van der Waals surface area contributed by atoms with Crippen LogP contribution >= 0.6 is 0 Å². The second kappa shape index (κ2) is 2.98. The Hall–Kier alpha value is -1.29. The Morgan fingerprint density at radius 1 is 1.42 bits per heavy atom. The van der Waals surface area contributed by atoms with Gasteiger partial charge in [-0.25, -0.2) is 0 Å². The summed E-state index contributed by atoms with van der Waals surface area (Å²) in [6.45, 7) is 0. The summed E-state index contributed by atoms with van der Waals surface area (Å²) in [5.41, 5.74) is 2.08. The minimum atomic E-state index is 0.705. The van der Waals surface area contributed by atoms with E-state index in [-0.39, 0.29) is 0 Å². The summed E-state index contributed by atoms with van der Waals surface area (Å²) in [6, 6.07) is 4.03. The molecule has 1 aliphatic carbocycles. The second-order valence-electron chi connectivity index (χ2n) is 3.24. The van der Waals surface area contributed by atoms with Crippen molar-refractivity contribution >= 4 is 0 Å². The molecule has 0 aliphatic heterocycles. The van der Waals surface area contributed by atoms with Gasteiger partial charge in [-0.05, 0) is 25.0 Å². The van der Waals surface area contributed by atoms with E-state index in [2.05, 4.69) is 17.0 Å². The zero-order valence-electron chi connectivity index (χ0n) is 6.96. The first-order chi connectivity index (χ1) is 5.90. The number of pyridine rings is 1. The zero-order chi connectivity index (χ0) is 8.39. The Kier molecular flexibility index (Phi) is 1.83. The van der Waals surface area contributed by atoms with E-state index in [0.717, 1.165) is 5.56 Å². The normalized spacial score (nSPS) is 16.6. The van der Waals surface area contributed by atoms with E-state index in [0.29, 0.717) is 5.92 Å². The van der Waals surface area contributed by atoms with Gasteiger partial charge in [0.05, 0.1) is 0 Å². The first-order valence-corrected chi connectivity index (χ1v) is 4.33. The van der Waals surface area contributed by atoms with E-state index in [9.17, 15) is 0 Å². The number of hydrogen-bond acceptors (Lipinski definition) is 1. The summed E-state index contributed by atoms with van der Waals surface area (Å²) in [7, 11) is 0. The average molecular weight is 157 g/mol. The number of rotatable bonds is 1. The van der Waals surface area contributed by atoms with Crippen LogP contribution in [0, 0.1) is 12.3 Å². The average Bonchev–Trinajstić information content (AvgIpc) is 2.03. The van der Waals surface area contributed by atoms with Gasteiger partial charge >= 0.3 is 0 Å². The van der Waals surface area contributed by atoms with Crippen molar-refractivity contribution in [3.05, 3.63) is 29.6 Å². The highest BCUT2D eigenvalue weighted by Crippen LogP contribution is 2.34. The highest BCUT2D eigenvalue weighted by Gasteiger charge is 2.19. The SMILES string of the molecule is C#Cc1ccc(C2CCC2)nc1. The van der Waals surface area contributed by atoms with E-state index in [4.69, 9.17) is 6.42 Å². The summed E-state index contributed by atoms with van der Waals surface area (Å²) >= 11 is 0. The smallest absolute Gasteiger partial charge is 0.0435 e. The minimum absolute atomic E-state index is 0.705. The number of hydrogen-bond donors (Lipinski definition) is 0. The molecule has 12 heavy (non-hydrogen) atoms. The van der Waals surface area contributed by atoms with E-state index >= 15 is 0 Å². The lowest BCUT2D eigenvalue weighted by Crippen LogP contribution is -2.10.